The number of nitrogens with one attached hydrogen (secondary N) is 2. The van der Waals surface area contributed by atoms with E-state index in [9.17, 15) is 4.79 Å². The monoisotopic (exact) mass is 397 g/mol. The number of rotatable bonds is 7. The molecule has 0 saturated carbocycles. The van der Waals surface area contributed by atoms with Crippen LogP contribution in [0.3, 0.4) is 0 Å². The molecule has 2 aromatic heterocycles. The molecule has 7 nitrogen and oxygen atoms in total. The van der Waals surface area contributed by atoms with Crippen LogP contribution in [0.5, 0.6) is 11.5 Å². The number of carbonyl (C=O) groups excluding carboxylic acids is 1. The van der Waals surface area contributed by atoms with Gasteiger partial charge in [0.1, 0.15) is 11.5 Å². The van der Waals surface area contributed by atoms with Crippen molar-refractivity contribution >= 4 is 17.5 Å². The molecule has 7 heteroatoms. The molecular weight excluding hydrogens is 378 g/mol. The minimum atomic E-state index is -0.255. The number of amides is 1. The first kappa shape index (κ1) is 19.1. The third kappa shape index (κ3) is 5.17. The lowest BCUT2D eigenvalue weighted by Gasteiger charge is -2.08. The first-order valence-electron chi connectivity index (χ1n) is 9.36. The summed E-state index contributed by atoms with van der Waals surface area (Å²) >= 11 is 0. The maximum absolute atomic E-state index is 12.2. The van der Waals surface area contributed by atoms with Gasteiger partial charge in [-0.3, -0.25) is 9.78 Å². The third-order valence-corrected chi connectivity index (χ3v) is 4.16. The fourth-order valence-electron chi connectivity index (χ4n) is 2.65. The zero-order chi connectivity index (χ0) is 20.6. The highest BCUT2D eigenvalue weighted by molar-refractivity contribution is 5.93. The molecule has 2 heterocycles. The Labute approximate surface area is 173 Å². The Balaban J connectivity index is 1.32. The molecule has 0 atom stereocenters. The summed E-state index contributed by atoms with van der Waals surface area (Å²) in [6.45, 7) is 0.344. The van der Waals surface area contributed by atoms with Crippen molar-refractivity contribution in [3.8, 4) is 11.5 Å². The van der Waals surface area contributed by atoms with Gasteiger partial charge in [-0.1, -0.05) is 24.3 Å². The van der Waals surface area contributed by atoms with E-state index in [0.717, 1.165) is 22.9 Å². The molecule has 0 aliphatic carbocycles. The summed E-state index contributed by atoms with van der Waals surface area (Å²) in [5.41, 5.74) is 1.97. The highest BCUT2D eigenvalue weighted by atomic mass is 16.5. The number of anilines is 2. The molecular formula is C23H19N5O2. The minimum Gasteiger partial charge on any atom is -0.457 e. The molecule has 2 N–H and O–H groups in total. The summed E-state index contributed by atoms with van der Waals surface area (Å²) in [6, 6.07) is 22.6. The maximum atomic E-state index is 12.2. The van der Waals surface area contributed by atoms with E-state index in [0.29, 0.717) is 18.1 Å². The predicted octanol–water partition coefficient (Wildman–Crippen LogP) is 4.34. The molecule has 0 unspecified atom stereocenters. The zero-order valence-electron chi connectivity index (χ0n) is 16.0. The second kappa shape index (κ2) is 9.29. The number of hydrogen-bond acceptors (Lipinski definition) is 6. The quantitative estimate of drug-likeness (QED) is 0.482. The van der Waals surface area contributed by atoms with Gasteiger partial charge in [0.05, 0.1) is 17.8 Å². The highest BCUT2D eigenvalue weighted by Gasteiger charge is 2.08. The van der Waals surface area contributed by atoms with Gasteiger partial charge in [-0.15, -0.1) is 0 Å². The van der Waals surface area contributed by atoms with Crippen molar-refractivity contribution < 1.29 is 9.53 Å². The number of hydrogen-bond donors (Lipinski definition) is 2. The zero-order valence-corrected chi connectivity index (χ0v) is 16.0. The van der Waals surface area contributed by atoms with E-state index in [2.05, 4.69) is 25.6 Å². The van der Waals surface area contributed by atoms with E-state index < -0.39 is 0 Å². The Bertz CT molecular complexity index is 1090. The molecule has 0 bridgehead atoms. The van der Waals surface area contributed by atoms with Gasteiger partial charge in [0.2, 0.25) is 5.95 Å². The molecule has 2 aromatic carbocycles. The molecule has 30 heavy (non-hydrogen) atoms. The molecule has 0 aliphatic rings. The smallest absolute Gasteiger partial charge is 0.254 e. The van der Waals surface area contributed by atoms with Crippen LogP contribution in [0, 0.1) is 0 Å². The van der Waals surface area contributed by atoms with Crippen molar-refractivity contribution in [2.45, 2.75) is 6.54 Å². The van der Waals surface area contributed by atoms with Crippen LogP contribution >= 0.6 is 0 Å². The Morgan fingerprint density at radius 2 is 1.50 bits per heavy atom. The molecule has 4 rings (SSSR count). The molecule has 0 aliphatic heterocycles. The Kier molecular flexibility index (Phi) is 5.91. The molecule has 0 radical (unpaired) electrons. The van der Waals surface area contributed by atoms with Crippen molar-refractivity contribution in [2.24, 2.45) is 0 Å². The fourth-order valence-corrected chi connectivity index (χ4v) is 2.65. The average Bonchev–Trinajstić information content (AvgIpc) is 2.81. The van der Waals surface area contributed by atoms with Gasteiger partial charge in [0, 0.05) is 24.3 Å². The standard InChI is InChI=1S/C23H19N5O2/c29-22(25-16-19-6-4-5-13-24-19)17-14-26-23(27-15-17)28-18-9-11-21(12-10-18)30-20-7-2-1-3-8-20/h1-15H,16H2,(H,25,29)(H,26,27,28). The molecule has 1 amide bonds. The largest absolute Gasteiger partial charge is 0.457 e. The van der Waals surface area contributed by atoms with Crippen LogP contribution in [-0.4, -0.2) is 20.9 Å². The topological polar surface area (TPSA) is 89.0 Å². The Hall–Kier alpha value is -4.26. The van der Waals surface area contributed by atoms with Crippen LogP contribution in [0.1, 0.15) is 16.1 Å². The van der Waals surface area contributed by atoms with Gasteiger partial charge >= 0.3 is 0 Å². The number of nitrogens with zero attached hydrogens (tertiary/aromatic N) is 3. The number of para-hydroxylation sites is 1. The SMILES string of the molecule is O=C(NCc1ccccn1)c1cnc(Nc2ccc(Oc3ccccc3)cc2)nc1. The lowest BCUT2D eigenvalue weighted by molar-refractivity contribution is 0.0949. The molecule has 148 valence electrons. The Morgan fingerprint density at radius 3 is 2.20 bits per heavy atom. The van der Waals surface area contributed by atoms with Crippen LogP contribution in [-0.2, 0) is 6.54 Å². The summed E-state index contributed by atoms with van der Waals surface area (Å²) < 4.78 is 5.77. The average molecular weight is 397 g/mol. The van der Waals surface area contributed by atoms with Crippen molar-refractivity contribution in [3.63, 3.8) is 0 Å². The van der Waals surface area contributed by atoms with Crippen LogP contribution in [0.4, 0.5) is 11.6 Å². The first-order valence-corrected chi connectivity index (χ1v) is 9.36. The summed E-state index contributed by atoms with van der Waals surface area (Å²) in [7, 11) is 0. The predicted molar refractivity (Wildman–Crippen MR) is 114 cm³/mol. The van der Waals surface area contributed by atoms with Gasteiger partial charge in [-0.25, -0.2) is 9.97 Å². The van der Waals surface area contributed by atoms with Crippen molar-refractivity contribution in [1.29, 1.82) is 0 Å². The molecule has 0 spiro atoms. The summed E-state index contributed by atoms with van der Waals surface area (Å²) in [5, 5.41) is 5.89. The first-order chi connectivity index (χ1) is 14.8. The van der Waals surface area contributed by atoms with Gasteiger partial charge in [0.25, 0.3) is 5.91 Å². The fraction of sp³-hybridized carbons (Fsp3) is 0.0435. The van der Waals surface area contributed by atoms with Crippen molar-refractivity contribution in [3.05, 3.63) is 103 Å². The Morgan fingerprint density at radius 1 is 0.800 bits per heavy atom. The second-order valence-electron chi connectivity index (χ2n) is 6.36. The minimum absolute atomic E-state index is 0.255. The number of benzene rings is 2. The molecule has 4 aromatic rings. The summed E-state index contributed by atoms with van der Waals surface area (Å²) in [5.74, 6) is 1.65. The normalized spacial score (nSPS) is 10.3. The molecule has 0 saturated heterocycles. The number of aromatic nitrogens is 3. The number of pyridine rings is 1. The summed E-state index contributed by atoms with van der Waals surface area (Å²) in [6.07, 6.45) is 4.65. The van der Waals surface area contributed by atoms with E-state index in [1.54, 1.807) is 6.20 Å². The lowest BCUT2D eigenvalue weighted by atomic mass is 10.3. The van der Waals surface area contributed by atoms with Crippen LogP contribution in [0.2, 0.25) is 0 Å². The molecule has 0 fully saturated rings. The van der Waals surface area contributed by atoms with Gasteiger partial charge < -0.3 is 15.4 Å². The second-order valence-corrected chi connectivity index (χ2v) is 6.36. The van der Waals surface area contributed by atoms with E-state index in [1.807, 2.05) is 72.8 Å². The lowest BCUT2D eigenvalue weighted by Crippen LogP contribution is -2.23. The van der Waals surface area contributed by atoms with Crippen LogP contribution in [0.25, 0.3) is 0 Å². The van der Waals surface area contributed by atoms with Gasteiger partial charge in [-0.2, -0.15) is 0 Å². The van der Waals surface area contributed by atoms with E-state index >= 15 is 0 Å². The number of carbonyl (C=O) groups is 1. The van der Waals surface area contributed by atoms with Gasteiger partial charge in [0.15, 0.2) is 0 Å². The van der Waals surface area contributed by atoms with Crippen molar-refractivity contribution in [1.82, 2.24) is 20.3 Å². The third-order valence-electron chi connectivity index (χ3n) is 4.16. The number of ether oxygens (including phenoxy) is 1. The van der Waals surface area contributed by atoms with E-state index in [4.69, 9.17) is 4.74 Å². The van der Waals surface area contributed by atoms with Gasteiger partial charge in [-0.05, 0) is 48.5 Å². The van der Waals surface area contributed by atoms with Crippen molar-refractivity contribution in [2.75, 3.05) is 5.32 Å². The van der Waals surface area contributed by atoms with Crippen LogP contribution in [0.15, 0.2) is 91.4 Å². The maximum Gasteiger partial charge on any atom is 0.254 e. The van der Waals surface area contributed by atoms with E-state index in [1.165, 1.54) is 12.4 Å². The summed E-state index contributed by atoms with van der Waals surface area (Å²) in [4.78, 5) is 24.8. The van der Waals surface area contributed by atoms with Crippen LogP contribution < -0.4 is 15.4 Å². The van der Waals surface area contributed by atoms with E-state index in [-0.39, 0.29) is 5.91 Å². The highest BCUT2D eigenvalue weighted by Crippen LogP contribution is 2.23.